The summed E-state index contributed by atoms with van der Waals surface area (Å²) in [4.78, 5) is 26.5. The number of carbonyl (C=O) groups excluding carboxylic acids is 2. The van der Waals surface area contributed by atoms with E-state index < -0.39 is 5.82 Å². The molecule has 1 aliphatic carbocycles. The summed E-state index contributed by atoms with van der Waals surface area (Å²) in [5, 5.41) is 6.18. The molecule has 2 N–H and O–H groups in total. The molecule has 5 nitrogen and oxygen atoms in total. The monoisotopic (exact) mass is 395 g/mol. The van der Waals surface area contributed by atoms with Crippen LogP contribution in [-0.4, -0.2) is 48.9 Å². The van der Waals surface area contributed by atoms with Crippen molar-refractivity contribution >= 4 is 23.4 Å². The van der Waals surface area contributed by atoms with Gasteiger partial charge < -0.3 is 10.6 Å². The molecular weight excluding hydrogens is 369 g/mol. The van der Waals surface area contributed by atoms with Gasteiger partial charge in [-0.15, -0.1) is 0 Å². The maximum atomic E-state index is 13.4. The highest BCUT2D eigenvalue weighted by Crippen LogP contribution is 2.53. The van der Waals surface area contributed by atoms with Gasteiger partial charge in [-0.05, 0) is 61.9 Å². The van der Waals surface area contributed by atoms with Gasteiger partial charge in [0.15, 0.2) is 0 Å². The van der Waals surface area contributed by atoms with Crippen LogP contribution in [0.15, 0.2) is 18.2 Å². The van der Waals surface area contributed by atoms with E-state index in [-0.39, 0.29) is 33.9 Å². The van der Waals surface area contributed by atoms with E-state index in [2.05, 4.69) is 29.4 Å². The highest BCUT2D eigenvalue weighted by atomic mass is 35.5. The molecule has 0 bridgehead atoms. The number of halogens is 2. The van der Waals surface area contributed by atoms with Crippen LogP contribution in [0.2, 0.25) is 5.02 Å². The van der Waals surface area contributed by atoms with Crippen LogP contribution in [0.1, 0.15) is 43.5 Å². The van der Waals surface area contributed by atoms with Crippen molar-refractivity contribution in [3.05, 3.63) is 34.6 Å². The number of carbonyl (C=O) groups is 2. The zero-order chi connectivity index (χ0) is 19.6. The van der Waals surface area contributed by atoms with Crippen molar-refractivity contribution in [2.75, 3.05) is 26.2 Å². The molecule has 1 saturated heterocycles. The number of hydrogen-bond donors (Lipinski definition) is 2. The second-order valence-electron chi connectivity index (χ2n) is 8.22. The molecular formula is C20H27ClFN3O2. The van der Waals surface area contributed by atoms with Gasteiger partial charge in [0, 0.05) is 23.2 Å². The van der Waals surface area contributed by atoms with Gasteiger partial charge >= 0.3 is 0 Å². The number of benzene rings is 1. The minimum atomic E-state index is -0.512. The van der Waals surface area contributed by atoms with E-state index in [9.17, 15) is 14.0 Å². The fourth-order valence-corrected chi connectivity index (χ4v) is 3.99. The summed E-state index contributed by atoms with van der Waals surface area (Å²) in [6, 6.07) is 3.98. The third-order valence-corrected chi connectivity index (χ3v) is 5.76. The highest BCUT2D eigenvalue weighted by molar-refractivity contribution is 6.31. The Kier molecular flexibility index (Phi) is 6.06. The van der Waals surface area contributed by atoms with Crippen molar-refractivity contribution in [1.82, 2.24) is 15.5 Å². The minimum absolute atomic E-state index is 0.0725. The third-order valence-electron chi connectivity index (χ3n) is 5.55. The van der Waals surface area contributed by atoms with Crippen LogP contribution >= 0.6 is 11.6 Å². The molecule has 1 spiro atoms. The van der Waals surface area contributed by atoms with Crippen molar-refractivity contribution in [3.8, 4) is 0 Å². The Morgan fingerprint density at radius 1 is 1.30 bits per heavy atom. The lowest BCUT2D eigenvalue weighted by atomic mass is 9.92. The quantitative estimate of drug-likeness (QED) is 0.778. The van der Waals surface area contributed by atoms with Gasteiger partial charge in [0.1, 0.15) is 5.82 Å². The molecule has 1 atom stereocenters. The molecule has 2 aliphatic rings. The Labute approximate surface area is 164 Å². The number of nitrogens with zero attached hydrogens (tertiary/aromatic N) is 1. The van der Waals surface area contributed by atoms with E-state index in [1.54, 1.807) is 0 Å². The summed E-state index contributed by atoms with van der Waals surface area (Å²) in [7, 11) is 0. The summed E-state index contributed by atoms with van der Waals surface area (Å²) in [5.74, 6) is -0.276. The van der Waals surface area contributed by atoms with Crippen LogP contribution < -0.4 is 10.6 Å². The third kappa shape index (κ3) is 5.20. The average molecular weight is 396 g/mol. The van der Waals surface area contributed by atoms with Gasteiger partial charge in [0.2, 0.25) is 5.91 Å². The number of piperidine rings is 1. The first-order valence-electron chi connectivity index (χ1n) is 9.53. The lowest BCUT2D eigenvalue weighted by Gasteiger charge is -2.32. The molecule has 27 heavy (non-hydrogen) atoms. The average Bonchev–Trinajstić information content (AvgIpc) is 3.26. The summed E-state index contributed by atoms with van der Waals surface area (Å²) in [6.07, 6.45) is 2.85. The maximum absolute atomic E-state index is 13.4. The van der Waals surface area contributed by atoms with Crippen LogP contribution in [-0.2, 0) is 4.79 Å². The first-order chi connectivity index (χ1) is 12.8. The van der Waals surface area contributed by atoms with E-state index in [4.69, 9.17) is 11.6 Å². The summed E-state index contributed by atoms with van der Waals surface area (Å²) >= 11 is 5.83. The fourth-order valence-electron chi connectivity index (χ4n) is 3.76. The minimum Gasteiger partial charge on any atom is -0.355 e. The second-order valence-corrected chi connectivity index (χ2v) is 8.66. The number of nitrogens with one attached hydrogen (secondary N) is 2. The van der Waals surface area contributed by atoms with Crippen LogP contribution in [0.4, 0.5) is 4.39 Å². The van der Waals surface area contributed by atoms with Crippen molar-refractivity contribution < 1.29 is 14.0 Å². The molecule has 0 unspecified atom stereocenters. The number of likely N-dealkylation sites (tertiary alicyclic amines) is 1. The summed E-state index contributed by atoms with van der Waals surface area (Å²) < 4.78 is 13.4. The van der Waals surface area contributed by atoms with Gasteiger partial charge in [0.05, 0.1) is 6.54 Å². The van der Waals surface area contributed by atoms with Gasteiger partial charge in [-0.1, -0.05) is 25.4 Å². The van der Waals surface area contributed by atoms with Crippen LogP contribution in [0.5, 0.6) is 0 Å². The largest absolute Gasteiger partial charge is 0.355 e. The lowest BCUT2D eigenvalue weighted by Crippen LogP contribution is -2.44. The van der Waals surface area contributed by atoms with Crippen LogP contribution in [0.3, 0.4) is 0 Å². The molecule has 7 heteroatoms. The molecule has 3 rings (SSSR count). The number of amides is 2. The molecule has 148 valence electrons. The Bertz CT molecular complexity index is 697. The Balaban J connectivity index is 1.45. The molecule has 2 fully saturated rings. The maximum Gasteiger partial charge on any atom is 0.251 e. The normalized spacial score (nSPS) is 21.3. The highest BCUT2D eigenvalue weighted by Gasteiger charge is 2.55. The van der Waals surface area contributed by atoms with E-state index in [0.717, 1.165) is 32.4 Å². The number of hydrogen-bond acceptors (Lipinski definition) is 3. The lowest BCUT2D eigenvalue weighted by molar-refractivity contribution is -0.122. The van der Waals surface area contributed by atoms with Gasteiger partial charge in [-0.3, -0.25) is 14.5 Å². The SMILES string of the molecule is CC(C)CNC(=O)CN1CCC2(CC1)C[C@@H]2NC(=O)c1cc(F)cc(Cl)c1. The molecule has 2 amide bonds. The molecule has 1 aromatic rings. The Hall–Kier alpha value is -1.66. The predicted molar refractivity (Wildman–Crippen MR) is 103 cm³/mol. The fraction of sp³-hybridized carbons (Fsp3) is 0.600. The van der Waals surface area contributed by atoms with Crippen LogP contribution in [0, 0.1) is 17.2 Å². The first-order valence-corrected chi connectivity index (χ1v) is 9.91. The number of rotatable bonds is 6. The zero-order valence-electron chi connectivity index (χ0n) is 15.9. The van der Waals surface area contributed by atoms with E-state index in [1.165, 1.54) is 18.2 Å². The van der Waals surface area contributed by atoms with E-state index in [1.807, 2.05) is 0 Å². The molecule has 1 aliphatic heterocycles. The van der Waals surface area contributed by atoms with Crippen molar-refractivity contribution in [3.63, 3.8) is 0 Å². The molecule has 0 aromatic heterocycles. The van der Waals surface area contributed by atoms with E-state index >= 15 is 0 Å². The molecule has 1 aromatic carbocycles. The van der Waals surface area contributed by atoms with Crippen molar-refractivity contribution in [1.29, 1.82) is 0 Å². The zero-order valence-corrected chi connectivity index (χ0v) is 16.6. The van der Waals surface area contributed by atoms with Crippen LogP contribution in [0.25, 0.3) is 0 Å². The molecule has 0 radical (unpaired) electrons. The second kappa shape index (κ2) is 8.15. The standard InChI is InChI=1S/C20H27ClFN3O2/c1-13(2)11-23-18(26)12-25-5-3-20(4-6-25)10-17(20)24-19(27)14-7-15(21)9-16(22)8-14/h7-9,13,17H,3-6,10-12H2,1-2H3,(H,23,26)(H,24,27)/t17-/m0/s1. The van der Waals surface area contributed by atoms with Gasteiger partial charge in [-0.2, -0.15) is 0 Å². The topological polar surface area (TPSA) is 61.4 Å². The van der Waals surface area contributed by atoms with Gasteiger partial charge in [-0.25, -0.2) is 4.39 Å². The van der Waals surface area contributed by atoms with Crippen molar-refractivity contribution in [2.24, 2.45) is 11.3 Å². The summed E-state index contributed by atoms with van der Waals surface area (Å²) in [6.45, 7) is 6.99. The predicted octanol–water partition coefficient (Wildman–Crippen LogP) is 2.84. The Morgan fingerprint density at radius 2 is 2.00 bits per heavy atom. The van der Waals surface area contributed by atoms with Crippen molar-refractivity contribution in [2.45, 2.75) is 39.2 Å². The van der Waals surface area contributed by atoms with Gasteiger partial charge in [0.25, 0.3) is 5.91 Å². The molecule has 1 saturated carbocycles. The van der Waals surface area contributed by atoms with E-state index in [0.29, 0.717) is 19.0 Å². The first kappa shape index (κ1) is 20.1. The molecule has 1 heterocycles. The Morgan fingerprint density at radius 3 is 2.63 bits per heavy atom. The summed E-state index contributed by atoms with van der Waals surface area (Å²) in [5.41, 5.74) is 0.374. The smallest absolute Gasteiger partial charge is 0.251 e.